The van der Waals surface area contributed by atoms with Crippen LogP contribution in [0.3, 0.4) is 0 Å². The van der Waals surface area contributed by atoms with Crippen molar-refractivity contribution in [3.63, 3.8) is 0 Å². The van der Waals surface area contributed by atoms with Crippen molar-refractivity contribution >= 4 is 44.4 Å². The number of hydrogen-bond donors (Lipinski definition) is 1. The molecule has 0 unspecified atom stereocenters. The van der Waals surface area contributed by atoms with Crippen LogP contribution >= 0.6 is 38.5 Å². The van der Waals surface area contributed by atoms with E-state index in [1.54, 1.807) is 13.2 Å². The summed E-state index contributed by atoms with van der Waals surface area (Å²) in [5.41, 5.74) is 0.682. The number of hydrogen-bond acceptors (Lipinski definition) is 2. The molecule has 1 N–H and O–H groups in total. The lowest BCUT2D eigenvalue weighted by molar-refractivity contribution is 0.0936. The molecule has 1 amide bonds. The molecule has 0 saturated carbocycles. The van der Waals surface area contributed by atoms with Crippen LogP contribution in [0.15, 0.2) is 22.7 Å². The monoisotopic (exact) mass is 383 g/mol. The number of nitrogens with one attached hydrogen (secondary N) is 1. The molecule has 1 aromatic rings. The molecule has 0 atom stereocenters. The lowest BCUT2D eigenvalue weighted by Crippen LogP contribution is -2.27. The van der Waals surface area contributed by atoms with E-state index < -0.39 is 0 Å². The first-order valence-corrected chi connectivity index (χ1v) is 6.25. The van der Waals surface area contributed by atoms with Crippen LogP contribution in [0.2, 0.25) is 0 Å². The SMILES string of the molecule is COCCNC(=O)c1cccc(Br)c1I. The van der Waals surface area contributed by atoms with Gasteiger partial charge in [0.15, 0.2) is 0 Å². The molecule has 1 rings (SSSR count). The largest absolute Gasteiger partial charge is 0.383 e. The summed E-state index contributed by atoms with van der Waals surface area (Å²) in [4.78, 5) is 11.7. The van der Waals surface area contributed by atoms with Gasteiger partial charge in [-0.1, -0.05) is 6.07 Å². The highest BCUT2D eigenvalue weighted by molar-refractivity contribution is 14.1. The number of halogens is 2. The second kappa shape index (κ2) is 6.44. The van der Waals surface area contributed by atoms with E-state index in [9.17, 15) is 4.79 Å². The second-order valence-corrected chi connectivity index (χ2v) is 4.78. The van der Waals surface area contributed by atoms with Gasteiger partial charge in [0.25, 0.3) is 5.91 Å². The van der Waals surface area contributed by atoms with Crippen molar-refractivity contribution in [2.45, 2.75) is 0 Å². The molecule has 0 spiro atoms. The molecule has 0 radical (unpaired) electrons. The van der Waals surface area contributed by atoms with Crippen LogP contribution in [0.5, 0.6) is 0 Å². The maximum Gasteiger partial charge on any atom is 0.252 e. The maximum atomic E-state index is 11.7. The molecule has 0 aliphatic rings. The van der Waals surface area contributed by atoms with Crippen LogP contribution in [0.25, 0.3) is 0 Å². The summed E-state index contributed by atoms with van der Waals surface area (Å²) in [6.07, 6.45) is 0. The molecule has 0 bridgehead atoms. The minimum absolute atomic E-state index is 0.0715. The van der Waals surface area contributed by atoms with Crippen LogP contribution in [-0.2, 0) is 4.74 Å². The van der Waals surface area contributed by atoms with E-state index in [0.717, 1.165) is 8.04 Å². The lowest BCUT2D eigenvalue weighted by atomic mass is 10.2. The van der Waals surface area contributed by atoms with Gasteiger partial charge in [-0.2, -0.15) is 0 Å². The van der Waals surface area contributed by atoms with Gasteiger partial charge in [0.05, 0.1) is 12.2 Å². The zero-order chi connectivity index (χ0) is 11.3. The van der Waals surface area contributed by atoms with E-state index in [1.807, 2.05) is 12.1 Å². The van der Waals surface area contributed by atoms with E-state index in [2.05, 4.69) is 43.8 Å². The standard InChI is InChI=1S/C10H11BrINO2/c1-15-6-5-13-10(14)7-3-2-4-8(11)9(7)12/h2-4H,5-6H2,1H3,(H,13,14). The first-order chi connectivity index (χ1) is 7.16. The smallest absolute Gasteiger partial charge is 0.252 e. The predicted molar refractivity (Wildman–Crippen MR) is 71.1 cm³/mol. The Labute approximate surface area is 111 Å². The third-order valence-electron chi connectivity index (χ3n) is 1.79. The Bertz CT molecular complexity index is 357. The molecule has 3 nitrogen and oxygen atoms in total. The lowest BCUT2D eigenvalue weighted by Gasteiger charge is -2.07. The number of rotatable bonds is 4. The predicted octanol–water partition coefficient (Wildman–Crippen LogP) is 2.43. The molecule has 5 heteroatoms. The number of carbonyl (C=O) groups excluding carboxylic acids is 1. The Hall–Kier alpha value is -0.140. The fourth-order valence-corrected chi connectivity index (χ4v) is 2.01. The van der Waals surface area contributed by atoms with Crippen molar-refractivity contribution in [1.29, 1.82) is 0 Å². The highest BCUT2D eigenvalue weighted by Crippen LogP contribution is 2.22. The second-order valence-electron chi connectivity index (χ2n) is 2.85. The minimum atomic E-state index is -0.0715. The van der Waals surface area contributed by atoms with Gasteiger partial charge in [-0.15, -0.1) is 0 Å². The average molecular weight is 384 g/mol. The normalized spacial score (nSPS) is 10.1. The molecule has 0 aliphatic heterocycles. The molecule has 15 heavy (non-hydrogen) atoms. The summed E-state index contributed by atoms with van der Waals surface area (Å²) in [5.74, 6) is -0.0715. The quantitative estimate of drug-likeness (QED) is 0.640. The third-order valence-corrected chi connectivity index (χ3v) is 4.35. The Morgan fingerprint density at radius 3 is 3.00 bits per heavy atom. The molecular formula is C10H11BrINO2. The van der Waals surface area contributed by atoms with Gasteiger partial charge in [0.2, 0.25) is 0 Å². The number of ether oxygens (including phenoxy) is 1. The third kappa shape index (κ3) is 3.73. The first-order valence-electron chi connectivity index (χ1n) is 4.38. The summed E-state index contributed by atoms with van der Waals surface area (Å²) >= 11 is 5.53. The molecule has 0 saturated heterocycles. The van der Waals surface area contributed by atoms with E-state index in [0.29, 0.717) is 18.7 Å². The first kappa shape index (κ1) is 12.9. The topological polar surface area (TPSA) is 38.3 Å². The van der Waals surface area contributed by atoms with Crippen molar-refractivity contribution in [3.05, 3.63) is 31.8 Å². The number of amides is 1. The summed E-state index contributed by atoms with van der Waals surface area (Å²) in [6.45, 7) is 1.05. The van der Waals surface area contributed by atoms with Gasteiger partial charge in [0.1, 0.15) is 0 Å². The fraction of sp³-hybridized carbons (Fsp3) is 0.300. The molecule has 82 valence electrons. The average Bonchev–Trinajstić information content (AvgIpc) is 2.22. The van der Waals surface area contributed by atoms with Crippen molar-refractivity contribution in [2.75, 3.05) is 20.3 Å². The summed E-state index contributed by atoms with van der Waals surface area (Å²) < 4.78 is 6.71. The molecule has 0 fully saturated rings. The Morgan fingerprint density at radius 2 is 2.33 bits per heavy atom. The van der Waals surface area contributed by atoms with Crippen LogP contribution < -0.4 is 5.32 Å². The molecule has 0 heterocycles. The van der Waals surface area contributed by atoms with Crippen molar-refractivity contribution in [2.24, 2.45) is 0 Å². The fourth-order valence-electron chi connectivity index (χ4n) is 1.04. The van der Waals surface area contributed by atoms with Crippen LogP contribution in [-0.4, -0.2) is 26.2 Å². The van der Waals surface area contributed by atoms with Crippen LogP contribution in [0, 0.1) is 3.57 Å². The van der Waals surface area contributed by atoms with Crippen molar-refractivity contribution in [3.8, 4) is 0 Å². The van der Waals surface area contributed by atoms with E-state index >= 15 is 0 Å². The van der Waals surface area contributed by atoms with Gasteiger partial charge >= 0.3 is 0 Å². The highest BCUT2D eigenvalue weighted by Gasteiger charge is 2.10. The van der Waals surface area contributed by atoms with E-state index in [1.165, 1.54) is 0 Å². The zero-order valence-corrected chi connectivity index (χ0v) is 12.0. The van der Waals surface area contributed by atoms with E-state index in [4.69, 9.17) is 4.74 Å². The highest BCUT2D eigenvalue weighted by atomic mass is 127. The number of carbonyl (C=O) groups is 1. The minimum Gasteiger partial charge on any atom is -0.383 e. The summed E-state index contributed by atoms with van der Waals surface area (Å²) in [7, 11) is 1.61. The van der Waals surface area contributed by atoms with Gasteiger partial charge in [-0.25, -0.2) is 0 Å². The Kier molecular flexibility index (Phi) is 5.55. The summed E-state index contributed by atoms with van der Waals surface area (Å²) in [6, 6.07) is 5.56. The van der Waals surface area contributed by atoms with Gasteiger partial charge in [-0.05, 0) is 50.7 Å². The molecule has 1 aromatic carbocycles. The van der Waals surface area contributed by atoms with Crippen LogP contribution in [0.4, 0.5) is 0 Å². The Morgan fingerprint density at radius 1 is 1.60 bits per heavy atom. The zero-order valence-electron chi connectivity index (χ0n) is 8.22. The van der Waals surface area contributed by atoms with Crippen LogP contribution in [0.1, 0.15) is 10.4 Å². The molecular weight excluding hydrogens is 373 g/mol. The Balaban J connectivity index is 2.69. The van der Waals surface area contributed by atoms with Crippen molar-refractivity contribution < 1.29 is 9.53 Å². The van der Waals surface area contributed by atoms with Gasteiger partial charge in [-0.3, -0.25) is 4.79 Å². The van der Waals surface area contributed by atoms with Gasteiger partial charge < -0.3 is 10.1 Å². The van der Waals surface area contributed by atoms with Crippen molar-refractivity contribution in [1.82, 2.24) is 5.32 Å². The maximum absolute atomic E-state index is 11.7. The summed E-state index contributed by atoms with van der Waals surface area (Å²) in [5, 5.41) is 2.78. The number of methoxy groups -OCH3 is 1. The number of benzene rings is 1. The van der Waals surface area contributed by atoms with Gasteiger partial charge in [0, 0.05) is 21.7 Å². The van der Waals surface area contributed by atoms with E-state index in [-0.39, 0.29) is 5.91 Å². The molecule has 0 aromatic heterocycles. The molecule has 0 aliphatic carbocycles.